The summed E-state index contributed by atoms with van der Waals surface area (Å²) in [5.41, 5.74) is 2.65. The smallest absolute Gasteiger partial charge is 0.132 e. The van der Waals surface area contributed by atoms with Gasteiger partial charge in [0, 0.05) is 16.1 Å². The van der Waals surface area contributed by atoms with Crippen molar-refractivity contribution in [3.63, 3.8) is 0 Å². The van der Waals surface area contributed by atoms with E-state index < -0.39 is 0 Å². The molecule has 0 spiro atoms. The highest BCUT2D eigenvalue weighted by atomic mass is 35.5. The molecule has 2 rings (SSSR count). The van der Waals surface area contributed by atoms with Gasteiger partial charge in [-0.2, -0.15) is 0 Å². The van der Waals surface area contributed by atoms with Gasteiger partial charge in [0.05, 0.1) is 17.0 Å². The molecule has 82 valence electrons. The molecule has 1 aromatic heterocycles. The maximum atomic E-state index is 6.13. The molecule has 1 aromatic carbocycles. The van der Waals surface area contributed by atoms with Crippen LogP contribution in [0.1, 0.15) is 5.56 Å². The van der Waals surface area contributed by atoms with Gasteiger partial charge in [0.1, 0.15) is 4.64 Å². The molecule has 1 N–H and O–H groups in total. The highest BCUT2D eigenvalue weighted by Crippen LogP contribution is 2.30. The summed E-state index contributed by atoms with van der Waals surface area (Å²) in [5.74, 6) is 0. The Morgan fingerprint density at radius 1 is 1.31 bits per heavy atom. The van der Waals surface area contributed by atoms with Crippen LogP contribution in [-0.4, -0.2) is 9.97 Å². The Kier molecular flexibility index (Phi) is 3.28. The lowest BCUT2D eigenvalue weighted by Gasteiger charge is -2.07. The number of hydrogen-bond acceptors (Lipinski definition) is 2. The molecule has 0 fully saturated rings. The van der Waals surface area contributed by atoms with Crippen molar-refractivity contribution in [3.05, 3.63) is 44.8 Å². The average Bonchev–Trinajstić information content (AvgIpc) is 2.23. The minimum absolute atomic E-state index is 0.569. The van der Waals surface area contributed by atoms with Crippen LogP contribution in [0.4, 0.5) is 0 Å². The maximum Gasteiger partial charge on any atom is 0.132 e. The van der Waals surface area contributed by atoms with E-state index in [-0.39, 0.29) is 0 Å². The molecule has 2 aromatic rings. The Morgan fingerprint density at radius 2 is 2.06 bits per heavy atom. The summed E-state index contributed by atoms with van der Waals surface area (Å²) in [6.07, 6.45) is 1.57. The molecular weight excluding hydrogens is 263 g/mol. The Morgan fingerprint density at radius 3 is 2.75 bits per heavy atom. The van der Waals surface area contributed by atoms with E-state index in [1.807, 2.05) is 13.0 Å². The molecule has 1 heterocycles. The summed E-state index contributed by atoms with van der Waals surface area (Å²) in [6.45, 7) is 1.91. The van der Waals surface area contributed by atoms with Crippen molar-refractivity contribution in [1.82, 2.24) is 9.97 Å². The Bertz CT molecular complexity index is 593. The maximum absolute atomic E-state index is 6.13. The summed E-state index contributed by atoms with van der Waals surface area (Å²) >= 11 is 17.1. The minimum Gasteiger partial charge on any atom is -0.345 e. The molecule has 0 saturated carbocycles. The van der Waals surface area contributed by atoms with E-state index in [2.05, 4.69) is 9.97 Å². The van der Waals surface area contributed by atoms with Crippen LogP contribution in [0.5, 0.6) is 0 Å². The molecular formula is C11H8Cl2N2S. The molecule has 0 aliphatic rings. The molecule has 2 nitrogen and oxygen atoms in total. The van der Waals surface area contributed by atoms with Gasteiger partial charge in [0.2, 0.25) is 0 Å². The number of aromatic nitrogens is 2. The SMILES string of the molecule is Cc1c(-c2ccc(Cl)cc2Cl)[nH]cnc1=S. The van der Waals surface area contributed by atoms with Gasteiger partial charge >= 0.3 is 0 Å². The Labute approximate surface area is 108 Å². The normalized spacial score (nSPS) is 10.4. The average molecular weight is 271 g/mol. The number of benzene rings is 1. The fourth-order valence-electron chi connectivity index (χ4n) is 1.44. The number of halogens is 2. The summed E-state index contributed by atoms with van der Waals surface area (Å²) < 4.78 is 0.569. The van der Waals surface area contributed by atoms with Crippen LogP contribution >= 0.6 is 35.4 Å². The molecule has 16 heavy (non-hydrogen) atoms. The third-order valence-corrected chi connectivity index (χ3v) is 3.25. The molecule has 0 radical (unpaired) electrons. The van der Waals surface area contributed by atoms with Crippen molar-refractivity contribution in [2.24, 2.45) is 0 Å². The predicted octanol–water partition coefficient (Wildman–Crippen LogP) is 4.42. The van der Waals surface area contributed by atoms with Gasteiger partial charge in [-0.15, -0.1) is 0 Å². The Balaban J connectivity index is 2.68. The number of hydrogen-bond donors (Lipinski definition) is 1. The highest BCUT2D eigenvalue weighted by molar-refractivity contribution is 7.71. The number of rotatable bonds is 1. The van der Waals surface area contributed by atoms with Crippen molar-refractivity contribution in [2.75, 3.05) is 0 Å². The van der Waals surface area contributed by atoms with Gasteiger partial charge in [-0.05, 0) is 25.1 Å². The summed E-state index contributed by atoms with van der Waals surface area (Å²) in [5, 5.41) is 1.20. The van der Waals surface area contributed by atoms with Crippen molar-refractivity contribution in [1.29, 1.82) is 0 Å². The van der Waals surface area contributed by atoms with E-state index in [0.29, 0.717) is 14.7 Å². The molecule has 0 aliphatic carbocycles. The lowest BCUT2D eigenvalue weighted by atomic mass is 10.1. The fraction of sp³-hybridized carbons (Fsp3) is 0.0909. The van der Waals surface area contributed by atoms with Gasteiger partial charge < -0.3 is 4.98 Å². The van der Waals surface area contributed by atoms with E-state index in [1.54, 1.807) is 18.5 Å². The van der Waals surface area contributed by atoms with Gasteiger partial charge in [-0.3, -0.25) is 0 Å². The second-order valence-electron chi connectivity index (χ2n) is 3.33. The summed E-state index contributed by atoms with van der Waals surface area (Å²) in [6, 6.07) is 5.35. The number of nitrogens with one attached hydrogen (secondary N) is 1. The zero-order chi connectivity index (χ0) is 11.7. The molecule has 0 aliphatic heterocycles. The number of nitrogens with zero attached hydrogens (tertiary/aromatic N) is 1. The van der Waals surface area contributed by atoms with Crippen LogP contribution in [0.3, 0.4) is 0 Å². The zero-order valence-corrected chi connectivity index (χ0v) is 10.7. The second-order valence-corrected chi connectivity index (χ2v) is 4.56. The van der Waals surface area contributed by atoms with Crippen molar-refractivity contribution in [2.45, 2.75) is 6.92 Å². The third-order valence-electron chi connectivity index (χ3n) is 2.29. The first kappa shape index (κ1) is 11.6. The van der Waals surface area contributed by atoms with E-state index in [0.717, 1.165) is 16.8 Å². The van der Waals surface area contributed by atoms with E-state index in [4.69, 9.17) is 35.4 Å². The molecule has 0 unspecified atom stereocenters. The van der Waals surface area contributed by atoms with E-state index in [1.165, 1.54) is 0 Å². The van der Waals surface area contributed by atoms with Gasteiger partial charge in [-0.25, -0.2) is 4.98 Å². The van der Waals surface area contributed by atoms with Crippen LogP contribution in [0.15, 0.2) is 24.5 Å². The van der Waals surface area contributed by atoms with Crippen LogP contribution < -0.4 is 0 Å². The fourth-order valence-corrected chi connectivity index (χ4v) is 2.10. The largest absolute Gasteiger partial charge is 0.345 e. The molecule has 0 bridgehead atoms. The second kappa shape index (κ2) is 4.53. The topological polar surface area (TPSA) is 28.7 Å². The molecule has 0 saturated heterocycles. The van der Waals surface area contributed by atoms with Gasteiger partial charge in [0.15, 0.2) is 0 Å². The summed E-state index contributed by atoms with van der Waals surface area (Å²) in [4.78, 5) is 7.05. The molecule has 0 atom stereocenters. The standard InChI is InChI=1S/C11H8Cl2N2S/c1-6-10(14-5-15-11(6)16)8-3-2-7(12)4-9(8)13/h2-5H,1H3,(H,14,15,16). The van der Waals surface area contributed by atoms with Crippen molar-refractivity contribution >= 4 is 35.4 Å². The number of H-pyrrole nitrogens is 1. The zero-order valence-electron chi connectivity index (χ0n) is 8.42. The highest BCUT2D eigenvalue weighted by Gasteiger charge is 2.08. The monoisotopic (exact) mass is 270 g/mol. The molecule has 0 amide bonds. The van der Waals surface area contributed by atoms with Gasteiger partial charge in [0.25, 0.3) is 0 Å². The lowest BCUT2D eigenvalue weighted by molar-refractivity contribution is 1.12. The summed E-state index contributed by atoms with van der Waals surface area (Å²) in [7, 11) is 0. The van der Waals surface area contributed by atoms with Crippen LogP contribution in [0, 0.1) is 11.6 Å². The van der Waals surface area contributed by atoms with Crippen LogP contribution in [0.25, 0.3) is 11.3 Å². The third kappa shape index (κ3) is 2.12. The quantitative estimate of drug-likeness (QED) is 0.778. The predicted molar refractivity (Wildman–Crippen MR) is 69.6 cm³/mol. The van der Waals surface area contributed by atoms with Gasteiger partial charge in [-0.1, -0.05) is 35.4 Å². The van der Waals surface area contributed by atoms with E-state index >= 15 is 0 Å². The Hall–Kier alpha value is -0.900. The first-order valence-electron chi connectivity index (χ1n) is 4.59. The first-order valence-corrected chi connectivity index (χ1v) is 5.75. The van der Waals surface area contributed by atoms with Crippen molar-refractivity contribution in [3.8, 4) is 11.3 Å². The van der Waals surface area contributed by atoms with Crippen molar-refractivity contribution < 1.29 is 0 Å². The van der Waals surface area contributed by atoms with E-state index in [9.17, 15) is 0 Å². The lowest BCUT2D eigenvalue weighted by Crippen LogP contribution is -1.92. The first-order chi connectivity index (χ1) is 7.59. The van der Waals surface area contributed by atoms with Crippen LogP contribution in [-0.2, 0) is 0 Å². The minimum atomic E-state index is 0.569. The molecule has 5 heteroatoms. The van der Waals surface area contributed by atoms with Crippen LogP contribution in [0.2, 0.25) is 10.0 Å². The number of aromatic amines is 1.